The van der Waals surface area contributed by atoms with Crippen LogP contribution in [0.3, 0.4) is 0 Å². The van der Waals surface area contributed by atoms with Crippen LogP contribution in [0.15, 0.2) is 72.8 Å². The summed E-state index contributed by atoms with van der Waals surface area (Å²) in [6.45, 7) is 8.47. The minimum absolute atomic E-state index is 0.0288. The molecule has 0 spiro atoms. The molecule has 4 aliphatic rings. The molecule has 222 valence electrons. The smallest absolute Gasteiger partial charge is 0.448 e. The van der Waals surface area contributed by atoms with Crippen LogP contribution in [0, 0.1) is 5.92 Å². The van der Waals surface area contributed by atoms with Crippen molar-refractivity contribution in [3.8, 4) is 11.1 Å². The Hall–Kier alpha value is -3.42. The summed E-state index contributed by atoms with van der Waals surface area (Å²) in [6.07, 6.45) is 4.01. The minimum atomic E-state index is -0.450. The lowest BCUT2D eigenvalue weighted by atomic mass is 9.75. The molecule has 3 aromatic rings. The van der Waals surface area contributed by atoms with Gasteiger partial charge < -0.3 is 18.9 Å². The average molecular weight is 578 g/mol. The lowest BCUT2D eigenvalue weighted by molar-refractivity contribution is 0.00578. The monoisotopic (exact) mass is 577 g/mol. The van der Waals surface area contributed by atoms with E-state index in [0.29, 0.717) is 25.0 Å². The van der Waals surface area contributed by atoms with E-state index in [0.717, 1.165) is 24.7 Å². The first kappa shape index (κ1) is 28.4. The van der Waals surface area contributed by atoms with Crippen molar-refractivity contribution in [2.75, 3.05) is 6.61 Å². The van der Waals surface area contributed by atoms with Crippen LogP contribution in [0.5, 0.6) is 0 Å². The number of ketones is 1. The van der Waals surface area contributed by atoms with Crippen molar-refractivity contribution in [3.63, 3.8) is 0 Å². The molecule has 0 aromatic heterocycles. The number of nitrogens with zero attached hydrogens (tertiary/aromatic N) is 1. The quantitative estimate of drug-likeness (QED) is 0.248. The van der Waals surface area contributed by atoms with Gasteiger partial charge in [-0.2, -0.15) is 0 Å². The lowest BCUT2D eigenvalue weighted by Gasteiger charge is -2.47. The number of hydrogen-bond donors (Lipinski definition) is 0. The van der Waals surface area contributed by atoms with Gasteiger partial charge >= 0.3 is 13.2 Å². The largest absolute Gasteiger partial charge is 0.494 e. The van der Waals surface area contributed by atoms with Crippen LogP contribution in [-0.4, -0.2) is 53.8 Å². The second kappa shape index (κ2) is 10.6. The molecule has 2 atom stereocenters. The number of carbonyl (C=O) groups excluding carboxylic acids is 2. The summed E-state index contributed by atoms with van der Waals surface area (Å²) >= 11 is 0. The predicted molar refractivity (Wildman–Crippen MR) is 168 cm³/mol. The molecule has 7 rings (SSSR count). The molecule has 1 aliphatic carbocycles. The average Bonchev–Trinajstić information content (AvgIpc) is 3.43. The first-order chi connectivity index (χ1) is 20.6. The molecular formula is C36H40BNO5. The van der Waals surface area contributed by atoms with Gasteiger partial charge in [-0.25, -0.2) is 4.79 Å². The number of carbonyl (C=O) groups is 2. The molecule has 0 saturated carbocycles. The molecule has 43 heavy (non-hydrogen) atoms. The molecule has 3 aromatic carbocycles. The Kier molecular flexibility index (Phi) is 7.02. The lowest BCUT2D eigenvalue weighted by Crippen LogP contribution is -2.55. The Labute approximate surface area is 254 Å². The molecule has 2 bridgehead atoms. The van der Waals surface area contributed by atoms with Gasteiger partial charge in [0.1, 0.15) is 6.61 Å². The summed E-state index contributed by atoms with van der Waals surface area (Å²) in [5.74, 6) is 0.0932. The number of benzene rings is 3. The minimum Gasteiger partial charge on any atom is -0.448 e. The Balaban J connectivity index is 1.01. The fraction of sp³-hybridized carbons (Fsp3) is 0.444. The highest BCUT2D eigenvalue weighted by atomic mass is 16.7. The third-order valence-electron chi connectivity index (χ3n) is 10.6. The van der Waals surface area contributed by atoms with Crippen LogP contribution in [0.25, 0.3) is 11.1 Å². The highest BCUT2D eigenvalue weighted by Gasteiger charge is 2.52. The van der Waals surface area contributed by atoms with Gasteiger partial charge in [-0.1, -0.05) is 72.8 Å². The normalized spacial score (nSPS) is 25.3. The number of hydrogen-bond acceptors (Lipinski definition) is 5. The number of fused-ring (bicyclic) bond motifs is 5. The maximum atomic E-state index is 13.7. The summed E-state index contributed by atoms with van der Waals surface area (Å²) in [4.78, 5) is 29.2. The zero-order chi connectivity index (χ0) is 29.9. The summed E-state index contributed by atoms with van der Waals surface area (Å²) < 4.78 is 18.4. The van der Waals surface area contributed by atoms with Crippen molar-refractivity contribution in [2.24, 2.45) is 5.92 Å². The molecule has 2 unspecified atom stereocenters. The Bertz CT molecular complexity index is 1470. The van der Waals surface area contributed by atoms with E-state index in [1.54, 1.807) is 0 Å². The van der Waals surface area contributed by atoms with Crippen LogP contribution in [-0.2, 0) is 14.0 Å². The zero-order valence-corrected chi connectivity index (χ0v) is 25.5. The molecule has 0 N–H and O–H groups in total. The third-order valence-corrected chi connectivity index (χ3v) is 10.6. The van der Waals surface area contributed by atoms with Crippen LogP contribution < -0.4 is 5.46 Å². The van der Waals surface area contributed by atoms with Gasteiger partial charge in [0, 0.05) is 29.5 Å². The fourth-order valence-corrected chi connectivity index (χ4v) is 7.58. The second-order valence-corrected chi connectivity index (χ2v) is 13.7. The van der Waals surface area contributed by atoms with Crippen LogP contribution in [0.1, 0.15) is 87.2 Å². The molecule has 3 aliphatic heterocycles. The van der Waals surface area contributed by atoms with E-state index in [-0.39, 0.29) is 35.8 Å². The molecular weight excluding hydrogens is 537 g/mol. The maximum absolute atomic E-state index is 13.7. The number of ether oxygens (including phenoxy) is 1. The van der Waals surface area contributed by atoms with Gasteiger partial charge in [-0.3, -0.25) is 4.79 Å². The van der Waals surface area contributed by atoms with Crippen molar-refractivity contribution in [2.45, 2.75) is 89.0 Å². The molecule has 3 saturated heterocycles. The number of Topliss-reactive ketones (excluding diaryl/α,β-unsaturated/α-hetero) is 1. The van der Waals surface area contributed by atoms with E-state index in [2.05, 4.69) is 48.5 Å². The SMILES string of the molecule is CC1(C)OB(c2ccc(C(=O)C3CC4CCCC(C3)N4C(=O)OCC3c4ccccc4-c4ccccc43)cc2)OC1(C)C. The van der Waals surface area contributed by atoms with Crippen molar-refractivity contribution >= 4 is 24.5 Å². The summed E-state index contributed by atoms with van der Waals surface area (Å²) in [7, 11) is -0.450. The first-order valence-electron chi connectivity index (χ1n) is 15.8. The van der Waals surface area contributed by atoms with Crippen molar-refractivity contribution in [1.82, 2.24) is 4.90 Å². The predicted octanol–water partition coefficient (Wildman–Crippen LogP) is 6.75. The van der Waals surface area contributed by atoms with E-state index in [9.17, 15) is 9.59 Å². The highest BCUT2D eigenvalue weighted by molar-refractivity contribution is 6.62. The third kappa shape index (κ3) is 4.91. The molecule has 3 fully saturated rings. The van der Waals surface area contributed by atoms with Gasteiger partial charge in [-0.15, -0.1) is 0 Å². The summed E-state index contributed by atoms with van der Waals surface area (Å²) in [6, 6.07) is 24.5. The van der Waals surface area contributed by atoms with E-state index in [1.807, 2.05) is 56.9 Å². The number of rotatable bonds is 5. The van der Waals surface area contributed by atoms with E-state index in [4.69, 9.17) is 14.0 Å². The van der Waals surface area contributed by atoms with Crippen molar-refractivity contribution in [1.29, 1.82) is 0 Å². The molecule has 1 amide bonds. The van der Waals surface area contributed by atoms with Crippen LogP contribution in [0.2, 0.25) is 0 Å². The molecule has 3 heterocycles. The van der Waals surface area contributed by atoms with Gasteiger partial charge in [0.15, 0.2) is 5.78 Å². The topological polar surface area (TPSA) is 65.1 Å². The van der Waals surface area contributed by atoms with Gasteiger partial charge in [0.25, 0.3) is 0 Å². The number of piperidine rings is 2. The molecule has 0 radical (unpaired) electrons. The van der Waals surface area contributed by atoms with Crippen LogP contribution in [0.4, 0.5) is 4.79 Å². The first-order valence-corrected chi connectivity index (χ1v) is 15.8. The van der Waals surface area contributed by atoms with Gasteiger partial charge in [0.2, 0.25) is 0 Å². The van der Waals surface area contributed by atoms with E-state index >= 15 is 0 Å². The van der Waals surface area contributed by atoms with Crippen LogP contribution >= 0.6 is 0 Å². The Morgan fingerprint density at radius 2 is 1.35 bits per heavy atom. The summed E-state index contributed by atoms with van der Waals surface area (Å²) in [5, 5.41) is 0. The van der Waals surface area contributed by atoms with E-state index < -0.39 is 18.3 Å². The molecule has 7 heteroatoms. The van der Waals surface area contributed by atoms with Gasteiger partial charge in [-0.05, 0) is 87.5 Å². The maximum Gasteiger partial charge on any atom is 0.494 e. The zero-order valence-electron chi connectivity index (χ0n) is 25.5. The van der Waals surface area contributed by atoms with Gasteiger partial charge in [0.05, 0.1) is 11.2 Å². The highest BCUT2D eigenvalue weighted by Crippen LogP contribution is 2.45. The molecule has 6 nitrogen and oxygen atoms in total. The second-order valence-electron chi connectivity index (χ2n) is 13.7. The number of amides is 1. The fourth-order valence-electron chi connectivity index (χ4n) is 7.58. The standard InChI is InChI=1S/C36H40BNO5/c1-35(2)36(3,4)43-37(42-35)25-18-16-23(17-19-25)33(39)24-20-26-10-9-11-27(21-24)38(26)34(40)41-22-32-30-14-7-5-12-28(30)29-13-6-8-15-31(29)32/h5-8,12-19,24,26-27,32H,9-11,20-22H2,1-4H3. The Morgan fingerprint density at radius 1 is 0.814 bits per heavy atom. The Morgan fingerprint density at radius 3 is 1.91 bits per heavy atom. The van der Waals surface area contributed by atoms with Crippen molar-refractivity contribution in [3.05, 3.63) is 89.5 Å². The summed E-state index contributed by atoms with van der Waals surface area (Å²) in [5.41, 5.74) is 5.67. The van der Waals surface area contributed by atoms with E-state index in [1.165, 1.54) is 22.3 Å². The van der Waals surface area contributed by atoms with Crippen molar-refractivity contribution < 1.29 is 23.6 Å².